The summed E-state index contributed by atoms with van der Waals surface area (Å²) in [4.78, 5) is 24.4. The minimum Gasteiger partial charge on any atom is -0.251 e. The van der Waals surface area contributed by atoms with Gasteiger partial charge in [0.05, 0.1) is 41.8 Å². The fraction of sp³-hybridized carbons (Fsp3) is 0.178. The largest absolute Gasteiger partial charge is 0.265 e. The molecule has 0 spiro atoms. The van der Waals surface area contributed by atoms with Crippen LogP contribution in [0.25, 0.3) is 170 Å². The van der Waals surface area contributed by atoms with Gasteiger partial charge < -0.3 is 0 Å². The number of aryl methyl sites for hydroxylation is 18. The molecule has 0 saturated heterocycles. The first-order valence-corrected chi connectivity index (χ1v) is 42.0. The Kier molecular flexibility index (Phi) is 19.1. The molecule has 15 aromatic heterocycles. The second-order valence-electron chi connectivity index (χ2n) is 33.4. The standard InChI is InChI=1S/C35H28N3.C19H20N3.2C18H18N3.C17H16N3/c1-23-21-24(2)36-33-29-17-10-11-18-30(29)35-31(22-37(3)38(35)34(23)33)32-27(25-13-6-4-7-14-25)19-12-20-28(32)26-15-8-5-9-16-26;1-11-10-12(2)20-17-15-8-6-7-9-16(15)19-13(3)14(4)21(5)22(19)18(11)17;1-11-9-13(3)19-16-14-7-5-6-8-15(14)17-12(2)10-20(4)21(17)18(11)16;1-11-9-12(2)19-17-15-8-6-5-7-14(15)16-10-13(3)20(4)21(16)18(11)17;1-11-10-12(2)18-16-14-7-5-4-6-13(14)15-8-9-19(3)20(15)17(11)16/h4-22H,1-3H3;6-10H,1-5H3;2*5-10H,1-4H3;4-10H,1-3H3/q5*+1. The number of hydrogen-bond donors (Lipinski definition) is 0. The summed E-state index contributed by atoms with van der Waals surface area (Å²) in [6.07, 6.45) is 6.57. The highest BCUT2D eigenvalue weighted by atomic mass is 15.4. The number of aromatic nitrogens is 15. The van der Waals surface area contributed by atoms with Crippen molar-refractivity contribution in [2.75, 3.05) is 0 Å². The zero-order valence-electron chi connectivity index (χ0n) is 73.0. The van der Waals surface area contributed by atoms with E-state index in [1.807, 2.05) is 0 Å². The van der Waals surface area contributed by atoms with Gasteiger partial charge in [-0.05, 0) is 178 Å². The van der Waals surface area contributed by atoms with E-state index in [4.69, 9.17) is 24.9 Å². The van der Waals surface area contributed by atoms with Gasteiger partial charge in [-0.2, -0.15) is 9.36 Å². The molecule has 0 fully saturated rings. The van der Waals surface area contributed by atoms with Crippen LogP contribution >= 0.6 is 0 Å². The summed E-state index contributed by atoms with van der Waals surface area (Å²) in [5.74, 6) is 0. The van der Waals surface area contributed by atoms with Crippen LogP contribution in [0, 0.1) is 96.9 Å². The molecule has 0 amide bonds. The highest BCUT2D eigenvalue weighted by Crippen LogP contribution is 2.45. The summed E-state index contributed by atoms with van der Waals surface area (Å²) >= 11 is 0. The number of pyridine rings is 10. The molecule has 0 aliphatic carbocycles. The van der Waals surface area contributed by atoms with E-state index in [2.05, 4.69) is 439 Å². The Balaban J connectivity index is 0.000000103. The van der Waals surface area contributed by atoms with Crippen molar-refractivity contribution >= 4 is 137 Å². The van der Waals surface area contributed by atoms with Crippen molar-refractivity contribution in [3.63, 3.8) is 0 Å². The lowest BCUT2D eigenvalue weighted by molar-refractivity contribution is -0.735. The first-order chi connectivity index (χ1) is 58.9. The third kappa shape index (κ3) is 12.5. The van der Waals surface area contributed by atoms with Crippen LogP contribution in [-0.4, -0.2) is 47.8 Å². The molecule has 15 nitrogen and oxygen atoms in total. The van der Waals surface area contributed by atoms with Gasteiger partial charge in [-0.25, -0.2) is 9.97 Å². The maximum absolute atomic E-state index is 5.03. The summed E-state index contributed by atoms with van der Waals surface area (Å²) in [7, 11) is 10.5. The van der Waals surface area contributed by atoms with E-state index in [0.717, 1.165) is 61.6 Å². The second-order valence-corrected chi connectivity index (χ2v) is 33.4. The highest BCUT2D eigenvalue weighted by molar-refractivity contribution is 6.17. The molecule has 122 heavy (non-hydrogen) atoms. The predicted molar refractivity (Wildman–Crippen MR) is 500 cm³/mol. The van der Waals surface area contributed by atoms with Gasteiger partial charge in [0.1, 0.15) is 60.7 Å². The van der Waals surface area contributed by atoms with Gasteiger partial charge in [0, 0.05) is 112 Å². The fourth-order valence-corrected chi connectivity index (χ4v) is 19.7. The van der Waals surface area contributed by atoms with Crippen molar-refractivity contribution in [1.29, 1.82) is 0 Å². The topological polar surface area (TPSA) is 107 Å². The van der Waals surface area contributed by atoms with Gasteiger partial charge in [-0.15, -0.1) is 27.6 Å². The molecule has 598 valence electrons. The Hall–Kier alpha value is -14.4. The first kappa shape index (κ1) is 77.5. The number of rotatable bonds is 3. The van der Waals surface area contributed by atoms with Crippen molar-refractivity contribution in [2.45, 2.75) is 96.9 Å². The Morgan fingerprint density at radius 1 is 0.270 bits per heavy atom. The molecule has 0 radical (unpaired) electrons. The van der Waals surface area contributed by atoms with Crippen LogP contribution < -0.4 is 23.1 Å². The minimum absolute atomic E-state index is 1.04. The average Bonchev–Trinajstić information content (AvgIpc) is 0.850. The molecule has 8 aromatic carbocycles. The first-order valence-electron chi connectivity index (χ1n) is 42.0. The molecule has 0 unspecified atom stereocenters. The smallest absolute Gasteiger partial charge is 0.251 e. The van der Waals surface area contributed by atoms with Crippen molar-refractivity contribution in [3.8, 4) is 33.4 Å². The molecule has 23 aromatic rings. The molecule has 15 heteroatoms. The van der Waals surface area contributed by atoms with Gasteiger partial charge in [0.15, 0.2) is 33.5 Å². The monoisotopic (exact) mass is 1590 g/mol. The molecule has 0 bridgehead atoms. The number of nitrogens with zero attached hydrogens (tertiary/aromatic N) is 15. The zero-order valence-corrected chi connectivity index (χ0v) is 73.0. The number of hydrogen-bond acceptors (Lipinski definition) is 5. The van der Waals surface area contributed by atoms with Crippen LogP contribution in [0.3, 0.4) is 0 Å². The lowest BCUT2D eigenvalue weighted by atomic mass is 9.87. The summed E-state index contributed by atoms with van der Waals surface area (Å²) in [6.45, 7) is 29.9. The quantitative estimate of drug-likeness (QED) is 0.129. The summed E-state index contributed by atoms with van der Waals surface area (Å²) in [6, 6.07) is 86.3. The minimum atomic E-state index is 1.04. The summed E-state index contributed by atoms with van der Waals surface area (Å²) < 4.78 is 22.4. The average molecular weight is 1600 g/mol. The maximum atomic E-state index is 5.03. The van der Waals surface area contributed by atoms with Crippen molar-refractivity contribution in [3.05, 3.63) is 340 Å². The Labute approximate surface area is 708 Å². The SMILES string of the molecule is Cc1cc(C)c2c(n1)c1ccccc1c1c(-c3c(-c4ccccc4)cccc3-c3ccccc3)c[n+](C)n12.Cc1cc(C)c2c(n1)c1ccccc1c1c(C)c(C)n(C)[n+]12.Cc1cc(C)c2c(n1)c1ccccc1c1c(C)c[n+](C)n12.Cc1cc(C)c2c(n1)c1ccccc1c1cc(C)n(C)[n+]12.Cc1cc(C)c2c(n1)c1ccccc1c1cc[n+](C)n12. The van der Waals surface area contributed by atoms with Gasteiger partial charge >= 0.3 is 0 Å². The summed E-state index contributed by atoms with van der Waals surface area (Å²) in [5.41, 5.74) is 41.6. The maximum Gasteiger partial charge on any atom is 0.265 e. The Morgan fingerprint density at radius 2 is 0.648 bits per heavy atom. The summed E-state index contributed by atoms with van der Waals surface area (Å²) in [5, 5.41) is 12.3. The fourth-order valence-electron chi connectivity index (χ4n) is 19.7. The highest BCUT2D eigenvalue weighted by Gasteiger charge is 2.31. The zero-order chi connectivity index (χ0) is 84.7. The van der Waals surface area contributed by atoms with E-state index in [-0.39, 0.29) is 0 Å². The van der Waals surface area contributed by atoms with Gasteiger partial charge in [-0.1, -0.05) is 197 Å². The Bertz CT molecular complexity index is 8190. The van der Waals surface area contributed by atoms with E-state index in [0.29, 0.717) is 0 Å². The van der Waals surface area contributed by atoms with Gasteiger partial charge in [0.2, 0.25) is 17.2 Å². The third-order valence-electron chi connectivity index (χ3n) is 25.0. The van der Waals surface area contributed by atoms with Crippen LogP contribution in [0.1, 0.15) is 78.8 Å². The van der Waals surface area contributed by atoms with Crippen LogP contribution in [0.2, 0.25) is 0 Å². The number of benzene rings is 8. The van der Waals surface area contributed by atoms with E-state index < -0.39 is 0 Å². The van der Waals surface area contributed by atoms with Crippen LogP contribution in [0.15, 0.2) is 261 Å². The third-order valence-corrected chi connectivity index (χ3v) is 25.0. The van der Waals surface area contributed by atoms with E-state index in [9.17, 15) is 0 Å². The van der Waals surface area contributed by atoms with Crippen molar-refractivity contribution in [2.24, 2.45) is 35.2 Å². The van der Waals surface area contributed by atoms with Crippen LogP contribution in [0.5, 0.6) is 0 Å². The van der Waals surface area contributed by atoms with Crippen molar-refractivity contribution < 1.29 is 23.1 Å². The van der Waals surface area contributed by atoms with Gasteiger partial charge in [-0.3, -0.25) is 15.0 Å². The second kappa shape index (κ2) is 30.1. The lowest BCUT2D eigenvalue weighted by Gasteiger charge is -2.15. The Morgan fingerprint density at radius 3 is 1.15 bits per heavy atom. The molecule has 0 aliphatic heterocycles. The molecular formula is C107H100N15+5. The van der Waals surface area contributed by atoms with Crippen LogP contribution in [0.4, 0.5) is 0 Å². The molecule has 0 saturated carbocycles. The van der Waals surface area contributed by atoms with Crippen molar-refractivity contribution in [1.82, 2.24) is 47.8 Å². The van der Waals surface area contributed by atoms with E-state index in [1.54, 1.807) is 0 Å². The molecule has 23 rings (SSSR count). The molecule has 0 atom stereocenters. The molecule has 0 aliphatic rings. The normalized spacial score (nSPS) is 11.7. The van der Waals surface area contributed by atoms with Crippen LogP contribution in [-0.2, 0) is 35.2 Å². The molecule has 15 heterocycles. The lowest BCUT2D eigenvalue weighted by Crippen LogP contribution is -2.34. The molecule has 0 N–H and O–H groups in total. The predicted octanol–water partition coefficient (Wildman–Crippen LogP) is 21.6. The number of fused-ring (bicyclic) bond motifs is 30. The van der Waals surface area contributed by atoms with E-state index in [1.165, 1.54) is 187 Å². The van der Waals surface area contributed by atoms with E-state index >= 15 is 0 Å². The molecular weight excluding hydrogens is 1500 g/mol. The van der Waals surface area contributed by atoms with Gasteiger partial charge in [0.25, 0.3) is 11.0 Å².